The molecule has 0 spiro atoms. The zero-order valence-electron chi connectivity index (χ0n) is 14.6. The molecule has 1 nitrogen and oxygen atoms in total. The van der Waals surface area contributed by atoms with Gasteiger partial charge in [0.15, 0.2) is 0 Å². The SMILES string of the molecule is CCCC1CCC(C(NC)c2cc(C)c(C)cc2C)CC1. The van der Waals surface area contributed by atoms with Crippen LogP contribution in [0.4, 0.5) is 0 Å². The van der Waals surface area contributed by atoms with Gasteiger partial charge in [-0.05, 0) is 74.8 Å². The van der Waals surface area contributed by atoms with Crippen molar-refractivity contribution < 1.29 is 0 Å². The van der Waals surface area contributed by atoms with E-state index in [4.69, 9.17) is 0 Å². The van der Waals surface area contributed by atoms with Gasteiger partial charge in [-0.3, -0.25) is 0 Å². The summed E-state index contributed by atoms with van der Waals surface area (Å²) in [6, 6.07) is 5.31. The third-order valence-electron chi connectivity index (χ3n) is 5.59. The minimum atomic E-state index is 0.534. The summed E-state index contributed by atoms with van der Waals surface area (Å²) >= 11 is 0. The Morgan fingerprint density at radius 3 is 2.19 bits per heavy atom. The summed E-state index contributed by atoms with van der Waals surface area (Å²) in [5.74, 6) is 1.80. The molecule has 1 atom stereocenters. The Bertz CT molecular complexity index is 455. The lowest BCUT2D eigenvalue weighted by atomic mass is 9.74. The maximum absolute atomic E-state index is 3.62. The second-order valence-electron chi connectivity index (χ2n) is 7.13. The summed E-state index contributed by atoms with van der Waals surface area (Å²) < 4.78 is 0. The van der Waals surface area contributed by atoms with E-state index in [1.807, 2.05) is 0 Å². The third-order valence-corrected chi connectivity index (χ3v) is 5.59. The van der Waals surface area contributed by atoms with E-state index < -0.39 is 0 Å². The predicted octanol–water partition coefficient (Wildman–Crippen LogP) is 5.48. The average molecular weight is 287 g/mol. The van der Waals surface area contributed by atoms with Crippen molar-refractivity contribution in [2.75, 3.05) is 7.05 Å². The molecule has 1 N–H and O–H groups in total. The summed E-state index contributed by atoms with van der Waals surface area (Å²) in [4.78, 5) is 0. The first-order valence-corrected chi connectivity index (χ1v) is 8.81. The molecule has 1 fully saturated rings. The van der Waals surface area contributed by atoms with Gasteiger partial charge < -0.3 is 5.32 Å². The molecular formula is C20H33N. The number of hydrogen-bond donors (Lipinski definition) is 1. The first-order valence-electron chi connectivity index (χ1n) is 8.81. The molecule has 0 amide bonds. The van der Waals surface area contributed by atoms with Crippen molar-refractivity contribution in [1.29, 1.82) is 0 Å². The normalized spacial score (nSPS) is 24.0. The van der Waals surface area contributed by atoms with Crippen LogP contribution >= 0.6 is 0 Å². The van der Waals surface area contributed by atoms with Gasteiger partial charge in [-0.1, -0.05) is 44.7 Å². The molecule has 1 aromatic carbocycles. The number of benzene rings is 1. The maximum Gasteiger partial charge on any atom is 0.0348 e. The Kier molecular flexibility index (Phi) is 5.87. The standard InChI is InChI=1S/C20H33N/c1-6-7-17-8-10-18(11-9-17)20(21-5)19-13-15(3)14(2)12-16(19)4/h12-13,17-18,20-21H,6-11H2,1-5H3. The van der Waals surface area contributed by atoms with E-state index in [1.54, 1.807) is 0 Å². The van der Waals surface area contributed by atoms with Gasteiger partial charge in [-0.15, -0.1) is 0 Å². The van der Waals surface area contributed by atoms with Crippen molar-refractivity contribution in [3.8, 4) is 0 Å². The van der Waals surface area contributed by atoms with Gasteiger partial charge in [0.2, 0.25) is 0 Å². The molecule has 0 aromatic heterocycles. The first-order chi connectivity index (χ1) is 10.1. The van der Waals surface area contributed by atoms with E-state index in [0.29, 0.717) is 6.04 Å². The molecule has 1 heteroatoms. The highest BCUT2D eigenvalue weighted by Gasteiger charge is 2.28. The highest BCUT2D eigenvalue weighted by atomic mass is 14.9. The van der Waals surface area contributed by atoms with Gasteiger partial charge in [0.05, 0.1) is 0 Å². The highest BCUT2D eigenvalue weighted by Crippen LogP contribution is 2.39. The largest absolute Gasteiger partial charge is 0.313 e. The molecule has 0 heterocycles. The fraction of sp³-hybridized carbons (Fsp3) is 0.700. The Balaban J connectivity index is 2.12. The van der Waals surface area contributed by atoms with Crippen LogP contribution in [-0.2, 0) is 0 Å². The van der Waals surface area contributed by atoms with Gasteiger partial charge in [-0.25, -0.2) is 0 Å². The zero-order valence-corrected chi connectivity index (χ0v) is 14.6. The van der Waals surface area contributed by atoms with E-state index in [9.17, 15) is 0 Å². The lowest BCUT2D eigenvalue weighted by Gasteiger charge is -2.35. The Hall–Kier alpha value is -0.820. The van der Waals surface area contributed by atoms with Gasteiger partial charge >= 0.3 is 0 Å². The summed E-state index contributed by atoms with van der Waals surface area (Å²) in [6.45, 7) is 9.05. The summed E-state index contributed by atoms with van der Waals surface area (Å²) in [6.07, 6.45) is 8.42. The molecule has 0 saturated heterocycles. The Morgan fingerprint density at radius 1 is 1.00 bits per heavy atom. The smallest absolute Gasteiger partial charge is 0.0348 e. The fourth-order valence-corrected chi connectivity index (χ4v) is 4.18. The van der Waals surface area contributed by atoms with E-state index in [1.165, 1.54) is 60.8 Å². The molecule has 21 heavy (non-hydrogen) atoms. The number of rotatable bonds is 5. The van der Waals surface area contributed by atoms with Crippen LogP contribution in [0.25, 0.3) is 0 Å². The van der Waals surface area contributed by atoms with Crippen LogP contribution in [0.1, 0.15) is 73.7 Å². The van der Waals surface area contributed by atoms with Crippen molar-refractivity contribution in [2.45, 2.75) is 72.3 Å². The van der Waals surface area contributed by atoms with E-state index >= 15 is 0 Å². The fourth-order valence-electron chi connectivity index (χ4n) is 4.18. The average Bonchev–Trinajstić information content (AvgIpc) is 2.47. The van der Waals surface area contributed by atoms with E-state index in [0.717, 1.165) is 11.8 Å². The second-order valence-corrected chi connectivity index (χ2v) is 7.13. The van der Waals surface area contributed by atoms with Crippen LogP contribution in [0.15, 0.2) is 12.1 Å². The number of nitrogens with one attached hydrogen (secondary N) is 1. The van der Waals surface area contributed by atoms with Gasteiger partial charge in [0, 0.05) is 6.04 Å². The Morgan fingerprint density at radius 2 is 1.62 bits per heavy atom. The summed E-state index contributed by atoms with van der Waals surface area (Å²) in [7, 11) is 2.14. The first kappa shape index (κ1) is 16.5. The van der Waals surface area contributed by atoms with E-state index in [-0.39, 0.29) is 0 Å². The van der Waals surface area contributed by atoms with Crippen LogP contribution in [0.2, 0.25) is 0 Å². The molecule has 1 aliphatic rings. The molecule has 1 saturated carbocycles. The minimum absolute atomic E-state index is 0.534. The van der Waals surface area contributed by atoms with Crippen LogP contribution in [0.5, 0.6) is 0 Å². The maximum atomic E-state index is 3.62. The minimum Gasteiger partial charge on any atom is -0.313 e. The molecular weight excluding hydrogens is 254 g/mol. The molecule has 0 aliphatic heterocycles. The molecule has 1 aliphatic carbocycles. The Labute approximate surface area is 131 Å². The van der Waals surface area contributed by atoms with Crippen molar-refractivity contribution in [3.05, 3.63) is 34.4 Å². The van der Waals surface area contributed by atoms with Gasteiger partial charge in [-0.2, -0.15) is 0 Å². The van der Waals surface area contributed by atoms with Crippen molar-refractivity contribution in [3.63, 3.8) is 0 Å². The van der Waals surface area contributed by atoms with E-state index in [2.05, 4.69) is 52.2 Å². The molecule has 2 rings (SSSR count). The van der Waals surface area contributed by atoms with Crippen molar-refractivity contribution in [1.82, 2.24) is 5.32 Å². The highest BCUT2D eigenvalue weighted by molar-refractivity contribution is 5.38. The summed E-state index contributed by atoms with van der Waals surface area (Å²) in [5.41, 5.74) is 5.82. The molecule has 118 valence electrons. The molecule has 1 aromatic rings. The predicted molar refractivity (Wildman–Crippen MR) is 92.8 cm³/mol. The van der Waals surface area contributed by atoms with Crippen LogP contribution in [0.3, 0.4) is 0 Å². The molecule has 0 radical (unpaired) electrons. The molecule has 1 unspecified atom stereocenters. The van der Waals surface area contributed by atoms with Crippen molar-refractivity contribution in [2.24, 2.45) is 11.8 Å². The van der Waals surface area contributed by atoms with Crippen LogP contribution < -0.4 is 5.32 Å². The topological polar surface area (TPSA) is 12.0 Å². The number of hydrogen-bond acceptors (Lipinski definition) is 1. The van der Waals surface area contributed by atoms with Crippen LogP contribution in [0, 0.1) is 32.6 Å². The lowest BCUT2D eigenvalue weighted by molar-refractivity contribution is 0.219. The monoisotopic (exact) mass is 287 g/mol. The summed E-state index contributed by atoms with van der Waals surface area (Å²) in [5, 5.41) is 3.62. The second kappa shape index (κ2) is 7.45. The zero-order chi connectivity index (χ0) is 15.4. The molecule has 0 bridgehead atoms. The van der Waals surface area contributed by atoms with Crippen LogP contribution in [-0.4, -0.2) is 7.05 Å². The third kappa shape index (κ3) is 3.88. The number of aryl methyl sites for hydroxylation is 3. The van der Waals surface area contributed by atoms with Gasteiger partial charge in [0.1, 0.15) is 0 Å². The van der Waals surface area contributed by atoms with Crippen molar-refractivity contribution >= 4 is 0 Å². The lowest BCUT2D eigenvalue weighted by Crippen LogP contribution is -2.29. The quantitative estimate of drug-likeness (QED) is 0.756. The van der Waals surface area contributed by atoms with Gasteiger partial charge in [0.25, 0.3) is 0 Å².